The topological polar surface area (TPSA) is 82.5 Å². The molecule has 0 amide bonds. The minimum absolute atomic E-state index is 0.261. The molecule has 1 heterocycles. The lowest BCUT2D eigenvalue weighted by Gasteiger charge is -2.17. The quantitative estimate of drug-likeness (QED) is 0.708. The highest BCUT2D eigenvalue weighted by Crippen LogP contribution is 2.12. The number of likely N-dealkylation sites (N-methyl/N-ethyl adjacent to an activating group) is 1. The molecule has 7 nitrogen and oxygen atoms in total. The van der Waals surface area contributed by atoms with Crippen molar-refractivity contribution in [1.29, 1.82) is 0 Å². The van der Waals surface area contributed by atoms with Crippen LogP contribution in [0.4, 0.5) is 5.69 Å². The molecular formula is C18H26N4O3. The third-order valence-electron chi connectivity index (χ3n) is 4.22. The second-order valence-corrected chi connectivity index (χ2v) is 6.20. The average molecular weight is 346 g/mol. The van der Waals surface area contributed by atoms with E-state index in [0.717, 1.165) is 41.2 Å². The van der Waals surface area contributed by atoms with E-state index in [0.29, 0.717) is 13.0 Å². The Balaban J connectivity index is 1.75. The van der Waals surface area contributed by atoms with Gasteiger partial charge >= 0.3 is 5.69 Å². The molecule has 0 bridgehead atoms. The smallest absolute Gasteiger partial charge is 0.330 e. The van der Waals surface area contributed by atoms with Crippen LogP contribution < -0.4 is 21.7 Å². The van der Waals surface area contributed by atoms with E-state index in [2.05, 4.69) is 4.90 Å². The molecular weight excluding hydrogens is 320 g/mol. The first-order valence-electron chi connectivity index (χ1n) is 8.31. The van der Waals surface area contributed by atoms with Gasteiger partial charge in [-0.05, 0) is 50.7 Å². The second-order valence-electron chi connectivity index (χ2n) is 6.20. The molecule has 0 unspecified atom stereocenters. The highest BCUT2D eigenvalue weighted by Gasteiger charge is 2.06. The molecule has 136 valence electrons. The van der Waals surface area contributed by atoms with Crippen molar-refractivity contribution < 1.29 is 4.74 Å². The molecule has 0 aliphatic heterocycles. The maximum atomic E-state index is 11.9. The molecule has 0 radical (unpaired) electrons. The average Bonchev–Trinajstić information content (AvgIpc) is 2.59. The number of hydrogen-bond acceptors (Lipinski definition) is 5. The fourth-order valence-corrected chi connectivity index (χ4v) is 2.54. The molecule has 7 heteroatoms. The van der Waals surface area contributed by atoms with E-state index >= 15 is 0 Å². The van der Waals surface area contributed by atoms with Gasteiger partial charge in [-0.15, -0.1) is 0 Å². The van der Waals surface area contributed by atoms with Gasteiger partial charge in [-0.3, -0.25) is 9.36 Å². The number of hydrogen-bond donors (Lipinski definition) is 1. The summed E-state index contributed by atoms with van der Waals surface area (Å²) in [5, 5.41) is 0. The van der Waals surface area contributed by atoms with Gasteiger partial charge in [0.1, 0.15) is 12.4 Å². The molecule has 2 aromatic rings. The lowest BCUT2D eigenvalue weighted by molar-refractivity contribution is 0.235. The summed E-state index contributed by atoms with van der Waals surface area (Å²) >= 11 is 0. The van der Waals surface area contributed by atoms with Gasteiger partial charge in [0.05, 0.1) is 0 Å². The van der Waals surface area contributed by atoms with Crippen molar-refractivity contribution in [2.24, 2.45) is 14.1 Å². The van der Waals surface area contributed by atoms with Gasteiger partial charge in [0, 0.05) is 38.1 Å². The Bertz CT molecular complexity index is 809. The normalized spacial score (nSPS) is 11.0. The van der Waals surface area contributed by atoms with E-state index in [1.165, 1.54) is 17.7 Å². The minimum atomic E-state index is -0.284. The predicted molar refractivity (Wildman–Crippen MR) is 99.1 cm³/mol. The zero-order valence-electron chi connectivity index (χ0n) is 15.1. The van der Waals surface area contributed by atoms with E-state index < -0.39 is 0 Å². The summed E-state index contributed by atoms with van der Waals surface area (Å²) in [5.41, 5.74) is 6.57. The summed E-state index contributed by atoms with van der Waals surface area (Å²) in [5.74, 6) is 0.803. The Labute approximate surface area is 147 Å². The highest BCUT2D eigenvalue weighted by atomic mass is 16.5. The number of rotatable bonds is 8. The van der Waals surface area contributed by atoms with Gasteiger partial charge < -0.3 is 19.9 Å². The molecule has 2 rings (SSSR count). The van der Waals surface area contributed by atoms with E-state index in [-0.39, 0.29) is 11.2 Å². The molecule has 1 aromatic carbocycles. The summed E-state index contributed by atoms with van der Waals surface area (Å²) in [4.78, 5) is 25.8. The van der Waals surface area contributed by atoms with Gasteiger partial charge in [0.2, 0.25) is 0 Å². The Hall–Kier alpha value is -2.54. The van der Waals surface area contributed by atoms with Crippen LogP contribution >= 0.6 is 0 Å². The first-order valence-corrected chi connectivity index (χ1v) is 8.31. The van der Waals surface area contributed by atoms with Crippen LogP contribution in [0, 0.1) is 0 Å². The van der Waals surface area contributed by atoms with Crippen LogP contribution in [-0.4, -0.2) is 40.8 Å². The highest BCUT2D eigenvalue weighted by molar-refractivity contribution is 5.41. The Morgan fingerprint density at radius 2 is 1.76 bits per heavy atom. The Morgan fingerprint density at radius 1 is 1.08 bits per heavy atom. The molecule has 0 spiro atoms. The molecule has 0 aliphatic carbocycles. The Morgan fingerprint density at radius 3 is 2.44 bits per heavy atom. The van der Waals surface area contributed by atoms with Gasteiger partial charge in [0.25, 0.3) is 5.56 Å². The standard InChI is InChI=1S/C18H26N4O3/c1-20(11-12-25-16-8-6-14(19)7-9-16)10-4-5-15-13-17(23)22(3)18(24)21(15)2/h6-9,13H,4-5,10-12,19H2,1-3H3. The SMILES string of the molecule is CN(CCCc1cc(=O)n(C)c(=O)n1C)CCOc1ccc(N)cc1. The zero-order chi connectivity index (χ0) is 18.4. The number of nitrogens with zero attached hydrogens (tertiary/aromatic N) is 3. The van der Waals surface area contributed by atoms with E-state index in [4.69, 9.17) is 10.5 Å². The van der Waals surface area contributed by atoms with Gasteiger partial charge in [-0.25, -0.2) is 4.79 Å². The fraction of sp³-hybridized carbons (Fsp3) is 0.444. The number of benzene rings is 1. The maximum absolute atomic E-state index is 11.9. The number of aromatic nitrogens is 2. The van der Waals surface area contributed by atoms with Crippen LogP contribution in [-0.2, 0) is 20.5 Å². The molecule has 0 fully saturated rings. The number of aryl methyl sites for hydroxylation is 1. The summed E-state index contributed by atoms with van der Waals surface area (Å²) in [6.07, 6.45) is 1.55. The van der Waals surface area contributed by atoms with E-state index in [1.807, 2.05) is 31.3 Å². The van der Waals surface area contributed by atoms with Crippen LogP contribution in [0.3, 0.4) is 0 Å². The van der Waals surface area contributed by atoms with Crippen molar-refractivity contribution >= 4 is 5.69 Å². The van der Waals surface area contributed by atoms with Crippen LogP contribution in [0.25, 0.3) is 0 Å². The van der Waals surface area contributed by atoms with E-state index in [1.54, 1.807) is 7.05 Å². The lowest BCUT2D eigenvalue weighted by Crippen LogP contribution is -2.38. The number of nitrogens with two attached hydrogens (primary N) is 1. The van der Waals surface area contributed by atoms with Crippen molar-refractivity contribution in [1.82, 2.24) is 14.0 Å². The first-order chi connectivity index (χ1) is 11.9. The van der Waals surface area contributed by atoms with Crippen LogP contribution in [0.1, 0.15) is 12.1 Å². The molecule has 2 N–H and O–H groups in total. The van der Waals surface area contributed by atoms with Crippen molar-refractivity contribution in [2.45, 2.75) is 12.8 Å². The number of nitrogen functional groups attached to an aromatic ring is 1. The van der Waals surface area contributed by atoms with Gasteiger partial charge in [0.15, 0.2) is 0 Å². The molecule has 0 aliphatic rings. The van der Waals surface area contributed by atoms with Crippen LogP contribution in [0.5, 0.6) is 5.75 Å². The third kappa shape index (κ3) is 5.22. The predicted octanol–water partition coefficient (Wildman–Crippen LogP) is 0.610. The van der Waals surface area contributed by atoms with Gasteiger partial charge in [-0.1, -0.05) is 0 Å². The maximum Gasteiger partial charge on any atom is 0.330 e. The van der Waals surface area contributed by atoms with Crippen molar-refractivity contribution in [3.8, 4) is 5.75 Å². The number of ether oxygens (including phenoxy) is 1. The molecule has 0 saturated carbocycles. The summed E-state index contributed by atoms with van der Waals surface area (Å²) in [6.45, 7) is 2.24. The van der Waals surface area contributed by atoms with E-state index in [9.17, 15) is 9.59 Å². The van der Waals surface area contributed by atoms with Crippen LogP contribution in [0.15, 0.2) is 39.9 Å². The molecule has 1 aromatic heterocycles. The number of anilines is 1. The molecule has 0 atom stereocenters. The van der Waals surface area contributed by atoms with Crippen molar-refractivity contribution in [3.63, 3.8) is 0 Å². The summed E-state index contributed by atoms with van der Waals surface area (Å²) < 4.78 is 8.32. The second kappa shape index (κ2) is 8.53. The lowest BCUT2D eigenvalue weighted by atomic mass is 10.2. The molecule has 25 heavy (non-hydrogen) atoms. The summed E-state index contributed by atoms with van der Waals surface area (Å²) in [6, 6.07) is 8.87. The zero-order valence-corrected chi connectivity index (χ0v) is 15.1. The van der Waals surface area contributed by atoms with Crippen molar-refractivity contribution in [2.75, 3.05) is 32.5 Å². The monoisotopic (exact) mass is 346 g/mol. The minimum Gasteiger partial charge on any atom is -0.492 e. The Kier molecular flexibility index (Phi) is 6.41. The van der Waals surface area contributed by atoms with Crippen molar-refractivity contribution in [3.05, 3.63) is 56.9 Å². The summed E-state index contributed by atoms with van der Waals surface area (Å²) in [7, 11) is 5.21. The fourth-order valence-electron chi connectivity index (χ4n) is 2.54. The van der Waals surface area contributed by atoms with Crippen LogP contribution in [0.2, 0.25) is 0 Å². The third-order valence-corrected chi connectivity index (χ3v) is 4.22. The first kappa shape index (κ1) is 18.8. The largest absolute Gasteiger partial charge is 0.492 e. The van der Waals surface area contributed by atoms with Gasteiger partial charge in [-0.2, -0.15) is 0 Å². The molecule has 0 saturated heterocycles.